The molecule has 1 fully saturated rings. The monoisotopic (exact) mass is 308 g/mol. The molecular formula is C16H24N2O2S. The molecular weight excluding hydrogens is 284 g/mol. The zero-order valence-corrected chi connectivity index (χ0v) is 14.2. The molecule has 0 aromatic carbocycles. The molecule has 2 heterocycles. The van der Waals surface area contributed by atoms with Crippen molar-refractivity contribution in [3.63, 3.8) is 0 Å². The largest absolute Gasteiger partial charge is 0.340 e. The standard InChI is InChI=1S/C16H24N2O2S/c1-6-16(5)15(20)18(11(4)12-8-7-9-21-12)13(10(2)3)14(19)17-16/h7-11,13H,6H2,1-5H3,(H,17,19). The van der Waals surface area contributed by atoms with Gasteiger partial charge in [-0.15, -0.1) is 11.3 Å². The second-order valence-corrected chi connectivity index (χ2v) is 7.25. The fourth-order valence-corrected chi connectivity index (χ4v) is 3.67. The number of nitrogens with one attached hydrogen (secondary N) is 1. The van der Waals surface area contributed by atoms with Crippen LogP contribution >= 0.6 is 11.3 Å². The molecule has 1 aliphatic heterocycles. The Balaban J connectivity index is 2.44. The first-order chi connectivity index (χ1) is 9.81. The van der Waals surface area contributed by atoms with E-state index in [1.165, 1.54) is 0 Å². The fraction of sp³-hybridized carbons (Fsp3) is 0.625. The number of carbonyl (C=O) groups is 2. The van der Waals surface area contributed by atoms with Crippen LogP contribution < -0.4 is 5.32 Å². The average molecular weight is 308 g/mol. The molecule has 3 unspecified atom stereocenters. The first-order valence-electron chi connectivity index (χ1n) is 7.50. The van der Waals surface area contributed by atoms with Crippen molar-refractivity contribution in [2.24, 2.45) is 5.92 Å². The molecule has 2 rings (SSSR count). The van der Waals surface area contributed by atoms with Crippen LogP contribution in [0.15, 0.2) is 17.5 Å². The van der Waals surface area contributed by atoms with Crippen LogP contribution in [-0.2, 0) is 9.59 Å². The predicted molar refractivity (Wildman–Crippen MR) is 85.0 cm³/mol. The van der Waals surface area contributed by atoms with Crippen molar-refractivity contribution in [1.29, 1.82) is 0 Å². The van der Waals surface area contributed by atoms with Crippen LogP contribution in [0.3, 0.4) is 0 Å². The van der Waals surface area contributed by atoms with Gasteiger partial charge in [-0.05, 0) is 37.6 Å². The van der Waals surface area contributed by atoms with E-state index in [1.807, 2.05) is 52.1 Å². The fourth-order valence-electron chi connectivity index (χ4n) is 2.88. The van der Waals surface area contributed by atoms with Gasteiger partial charge in [0.05, 0.1) is 6.04 Å². The Kier molecular flexibility index (Phi) is 4.42. The SMILES string of the molecule is CCC1(C)NC(=O)C(C(C)C)N(C(C)c2cccs2)C1=O. The molecule has 0 aliphatic carbocycles. The molecule has 0 spiro atoms. The minimum atomic E-state index is -0.798. The van der Waals surface area contributed by atoms with Gasteiger partial charge in [0.25, 0.3) is 0 Å². The lowest BCUT2D eigenvalue weighted by Crippen LogP contribution is -2.70. The average Bonchev–Trinajstić information content (AvgIpc) is 2.95. The number of thiophene rings is 1. The molecule has 0 saturated carbocycles. The Morgan fingerprint density at radius 3 is 2.52 bits per heavy atom. The highest BCUT2D eigenvalue weighted by Crippen LogP contribution is 2.34. The van der Waals surface area contributed by atoms with E-state index in [0.29, 0.717) is 6.42 Å². The number of nitrogens with zero attached hydrogens (tertiary/aromatic N) is 1. The summed E-state index contributed by atoms with van der Waals surface area (Å²) in [4.78, 5) is 28.4. The van der Waals surface area contributed by atoms with E-state index in [2.05, 4.69) is 5.32 Å². The predicted octanol–water partition coefficient (Wildman–Crippen LogP) is 2.96. The maximum atomic E-state index is 13.0. The van der Waals surface area contributed by atoms with Crippen LogP contribution in [0, 0.1) is 5.92 Å². The molecule has 1 aromatic rings. The van der Waals surface area contributed by atoms with Gasteiger partial charge in [-0.3, -0.25) is 9.59 Å². The van der Waals surface area contributed by atoms with Gasteiger partial charge in [0, 0.05) is 4.88 Å². The summed E-state index contributed by atoms with van der Waals surface area (Å²) in [6, 6.07) is 3.51. The second-order valence-electron chi connectivity index (χ2n) is 6.27. The Morgan fingerprint density at radius 2 is 2.05 bits per heavy atom. The van der Waals surface area contributed by atoms with Crippen LogP contribution in [0.5, 0.6) is 0 Å². The zero-order chi connectivity index (χ0) is 15.8. The molecule has 2 amide bonds. The third-order valence-corrected chi connectivity index (χ3v) is 5.43. The van der Waals surface area contributed by atoms with Crippen LogP contribution in [-0.4, -0.2) is 28.3 Å². The first-order valence-corrected chi connectivity index (χ1v) is 8.38. The molecule has 1 aliphatic rings. The van der Waals surface area contributed by atoms with E-state index in [1.54, 1.807) is 16.2 Å². The van der Waals surface area contributed by atoms with Crippen LogP contribution in [0.4, 0.5) is 0 Å². The summed E-state index contributed by atoms with van der Waals surface area (Å²) in [7, 11) is 0. The lowest BCUT2D eigenvalue weighted by atomic mass is 9.87. The first kappa shape index (κ1) is 16.0. The minimum Gasteiger partial charge on any atom is -0.340 e. The van der Waals surface area contributed by atoms with E-state index in [0.717, 1.165) is 4.88 Å². The topological polar surface area (TPSA) is 49.4 Å². The maximum Gasteiger partial charge on any atom is 0.249 e. The molecule has 1 saturated heterocycles. The van der Waals surface area contributed by atoms with Crippen molar-refractivity contribution in [3.05, 3.63) is 22.4 Å². The molecule has 21 heavy (non-hydrogen) atoms. The van der Waals surface area contributed by atoms with Crippen LogP contribution in [0.25, 0.3) is 0 Å². The van der Waals surface area contributed by atoms with Crippen LogP contribution in [0.2, 0.25) is 0 Å². The molecule has 5 heteroatoms. The number of rotatable bonds is 4. The smallest absolute Gasteiger partial charge is 0.249 e. The summed E-state index contributed by atoms with van der Waals surface area (Å²) in [6.07, 6.45) is 0.593. The molecule has 0 radical (unpaired) electrons. The highest BCUT2D eigenvalue weighted by Gasteiger charge is 2.49. The highest BCUT2D eigenvalue weighted by atomic mass is 32.1. The Morgan fingerprint density at radius 1 is 1.38 bits per heavy atom. The Labute approximate surface area is 130 Å². The van der Waals surface area contributed by atoms with E-state index in [4.69, 9.17) is 0 Å². The third-order valence-electron chi connectivity index (χ3n) is 4.38. The van der Waals surface area contributed by atoms with Crippen molar-refractivity contribution < 1.29 is 9.59 Å². The lowest BCUT2D eigenvalue weighted by Gasteiger charge is -2.47. The van der Waals surface area contributed by atoms with Crippen molar-refractivity contribution in [3.8, 4) is 0 Å². The van der Waals surface area contributed by atoms with Crippen LogP contribution in [0.1, 0.15) is 52.0 Å². The van der Waals surface area contributed by atoms with Gasteiger partial charge in [-0.1, -0.05) is 26.8 Å². The summed E-state index contributed by atoms with van der Waals surface area (Å²) in [5.74, 6) is 0.0549. The van der Waals surface area contributed by atoms with Gasteiger partial charge in [0.2, 0.25) is 11.8 Å². The van der Waals surface area contributed by atoms with E-state index >= 15 is 0 Å². The summed E-state index contributed by atoms with van der Waals surface area (Å²) in [5.41, 5.74) is -0.798. The number of hydrogen-bond acceptors (Lipinski definition) is 3. The molecule has 0 bridgehead atoms. The second kappa shape index (κ2) is 5.79. The van der Waals surface area contributed by atoms with Gasteiger partial charge < -0.3 is 10.2 Å². The number of hydrogen-bond donors (Lipinski definition) is 1. The van der Waals surface area contributed by atoms with Gasteiger partial charge in [0.15, 0.2) is 0 Å². The normalized spacial score (nSPS) is 27.9. The summed E-state index contributed by atoms with van der Waals surface area (Å²) in [5, 5.41) is 4.93. The van der Waals surface area contributed by atoms with E-state index < -0.39 is 11.6 Å². The highest BCUT2D eigenvalue weighted by molar-refractivity contribution is 7.10. The quantitative estimate of drug-likeness (QED) is 0.929. The zero-order valence-electron chi connectivity index (χ0n) is 13.3. The molecule has 116 valence electrons. The molecule has 1 aromatic heterocycles. The minimum absolute atomic E-state index is 0.0178. The summed E-state index contributed by atoms with van der Waals surface area (Å²) < 4.78 is 0. The summed E-state index contributed by atoms with van der Waals surface area (Å²) >= 11 is 1.62. The van der Waals surface area contributed by atoms with Crippen molar-refractivity contribution >= 4 is 23.2 Å². The van der Waals surface area contributed by atoms with Crippen molar-refractivity contribution in [2.45, 2.75) is 58.7 Å². The van der Waals surface area contributed by atoms with Gasteiger partial charge >= 0.3 is 0 Å². The van der Waals surface area contributed by atoms with Gasteiger partial charge in [-0.2, -0.15) is 0 Å². The van der Waals surface area contributed by atoms with E-state index in [-0.39, 0.29) is 23.8 Å². The van der Waals surface area contributed by atoms with Crippen molar-refractivity contribution in [2.75, 3.05) is 0 Å². The molecule has 3 atom stereocenters. The Hall–Kier alpha value is -1.36. The molecule has 4 nitrogen and oxygen atoms in total. The van der Waals surface area contributed by atoms with Crippen molar-refractivity contribution in [1.82, 2.24) is 10.2 Å². The number of piperazine rings is 1. The summed E-state index contributed by atoms with van der Waals surface area (Å²) in [6.45, 7) is 9.73. The third kappa shape index (κ3) is 2.71. The van der Waals surface area contributed by atoms with Gasteiger partial charge in [0.1, 0.15) is 11.6 Å². The van der Waals surface area contributed by atoms with Gasteiger partial charge in [-0.25, -0.2) is 0 Å². The molecule has 1 N–H and O–H groups in total. The lowest BCUT2D eigenvalue weighted by molar-refractivity contribution is -0.159. The Bertz CT molecular complexity index is 526. The number of carbonyl (C=O) groups excluding carboxylic acids is 2. The number of amides is 2. The van der Waals surface area contributed by atoms with E-state index in [9.17, 15) is 9.59 Å². The maximum absolute atomic E-state index is 13.0.